The summed E-state index contributed by atoms with van der Waals surface area (Å²) in [4.78, 5) is 2.09. The third-order valence-electron chi connectivity index (χ3n) is 1.38. The van der Waals surface area contributed by atoms with Crippen LogP contribution in [0.1, 0.15) is 0 Å². The fourth-order valence-corrected chi connectivity index (χ4v) is 0.856. The highest BCUT2D eigenvalue weighted by Gasteiger charge is 1.96. The number of hydrogen-bond acceptors (Lipinski definition) is 2. The first-order valence-corrected chi connectivity index (χ1v) is 3.69. The highest BCUT2D eigenvalue weighted by atomic mass is 16.5. The van der Waals surface area contributed by atoms with E-state index in [1.165, 1.54) is 0 Å². The van der Waals surface area contributed by atoms with Crippen molar-refractivity contribution in [1.29, 1.82) is 0 Å². The highest BCUT2D eigenvalue weighted by Crippen LogP contribution is 1.97. The molecule has 60 valence electrons. The van der Waals surface area contributed by atoms with Crippen LogP contribution in [-0.2, 0) is 4.74 Å². The number of ether oxygens (including phenoxy) is 1. The van der Waals surface area contributed by atoms with Crippen LogP contribution in [-0.4, -0.2) is 24.8 Å². The molecule has 0 radical (unpaired) electrons. The molecule has 0 aliphatic carbocycles. The Morgan fingerprint density at radius 1 is 1.55 bits per heavy atom. The molecule has 1 rings (SSSR count). The van der Waals surface area contributed by atoms with Gasteiger partial charge in [-0.25, -0.2) is 0 Å². The molecule has 0 saturated carbocycles. The molecule has 0 saturated heterocycles. The number of allylic oxidation sites excluding steroid dienone is 2. The van der Waals surface area contributed by atoms with Gasteiger partial charge in [-0.15, -0.1) is 6.58 Å². The van der Waals surface area contributed by atoms with Gasteiger partial charge in [0.05, 0.1) is 6.61 Å². The number of nitrogens with zero attached hydrogens (tertiary/aromatic N) is 1. The number of hydrogen-bond donors (Lipinski definition) is 0. The maximum absolute atomic E-state index is 5.24. The van der Waals surface area contributed by atoms with Gasteiger partial charge in [-0.2, -0.15) is 0 Å². The van der Waals surface area contributed by atoms with Crippen molar-refractivity contribution in [3.63, 3.8) is 0 Å². The van der Waals surface area contributed by atoms with Crippen molar-refractivity contribution in [1.82, 2.24) is 4.90 Å². The standard InChI is InChI=1S/C9H13NO/c1-2-8-11-9-10-6-4-3-5-7-10/h2-6H,1,7-9H2. The van der Waals surface area contributed by atoms with Crippen LogP contribution in [0.4, 0.5) is 0 Å². The van der Waals surface area contributed by atoms with Gasteiger partial charge in [0.1, 0.15) is 6.73 Å². The molecule has 0 aromatic carbocycles. The van der Waals surface area contributed by atoms with Gasteiger partial charge in [0, 0.05) is 12.7 Å². The Morgan fingerprint density at radius 3 is 3.09 bits per heavy atom. The van der Waals surface area contributed by atoms with Gasteiger partial charge in [-0.1, -0.05) is 18.2 Å². The summed E-state index contributed by atoms with van der Waals surface area (Å²) in [6.07, 6.45) is 9.90. The molecule has 11 heavy (non-hydrogen) atoms. The monoisotopic (exact) mass is 151 g/mol. The van der Waals surface area contributed by atoms with E-state index in [1.807, 2.05) is 18.4 Å². The van der Waals surface area contributed by atoms with Crippen molar-refractivity contribution >= 4 is 0 Å². The third kappa shape index (κ3) is 3.05. The van der Waals surface area contributed by atoms with Crippen LogP contribution in [0.2, 0.25) is 0 Å². The molecule has 0 spiro atoms. The predicted octanol–water partition coefficient (Wildman–Crippen LogP) is 1.53. The Labute approximate surface area is 67.5 Å². The molecule has 0 fully saturated rings. The van der Waals surface area contributed by atoms with Gasteiger partial charge in [-0.3, -0.25) is 0 Å². The maximum atomic E-state index is 5.24. The zero-order chi connectivity index (χ0) is 7.94. The van der Waals surface area contributed by atoms with Crippen molar-refractivity contribution in [2.75, 3.05) is 19.9 Å². The van der Waals surface area contributed by atoms with Crippen molar-refractivity contribution in [3.05, 3.63) is 37.1 Å². The third-order valence-corrected chi connectivity index (χ3v) is 1.38. The molecule has 0 amide bonds. The van der Waals surface area contributed by atoms with Crippen LogP contribution in [0.15, 0.2) is 37.1 Å². The summed E-state index contributed by atoms with van der Waals surface area (Å²) in [6.45, 7) is 5.77. The van der Waals surface area contributed by atoms with Crippen LogP contribution >= 0.6 is 0 Å². The average Bonchev–Trinajstić information content (AvgIpc) is 2.07. The zero-order valence-corrected chi connectivity index (χ0v) is 6.57. The quantitative estimate of drug-likeness (QED) is 0.446. The van der Waals surface area contributed by atoms with Gasteiger partial charge in [0.15, 0.2) is 0 Å². The lowest BCUT2D eigenvalue weighted by Gasteiger charge is -2.19. The second-order valence-corrected chi connectivity index (χ2v) is 2.33. The van der Waals surface area contributed by atoms with Crippen molar-refractivity contribution < 1.29 is 4.74 Å². The minimum Gasteiger partial charge on any atom is -0.357 e. The summed E-state index contributed by atoms with van der Waals surface area (Å²) in [6, 6.07) is 0. The fourth-order valence-electron chi connectivity index (χ4n) is 0.856. The minimum atomic E-state index is 0.619. The summed E-state index contributed by atoms with van der Waals surface area (Å²) in [7, 11) is 0. The Morgan fingerprint density at radius 2 is 2.45 bits per heavy atom. The SMILES string of the molecule is C=CCOCN1C=CC=CC1. The van der Waals surface area contributed by atoms with E-state index in [4.69, 9.17) is 4.74 Å². The van der Waals surface area contributed by atoms with E-state index in [1.54, 1.807) is 6.08 Å². The Bertz CT molecular complexity index is 172. The summed E-state index contributed by atoms with van der Waals surface area (Å²) >= 11 is 0. The Kier molecular flexibility index (Phi) is 3.48. The smallest absolute Gasteiger partial charge is 0.119 e. The first-order chi connectivity index (χ1) is 5.43. The molecule has 2 heteroatoms. The van der Waals surface area contributed by atoms with Gasteiger partial charge in [0.2, 0.25) is 0 Å². The second-order valence-electron chi connectivity index (χ2n) is 2.33. The van der Waals surface area contributed by atoms with Crippen molar-refractivity contribution in [2.24, 2.45) is 0 Å². The predicted molar refractivity (Wildman–Crippen MR) is 46.0 cm³/mol. The topological polar surface area (TPSA) is 12.5 Å². The molecular weight excluding hydrogens is 138 g/mol. The summed E-state index contributed by atoms with van der Waals surface area (Å²) < 4.78 is 5.24. The van der Waals surface area contributed by atoms with E-state index in [0.29, 0.717) is 13.3 Å². The molecule has 2 nitrogen and oxygen atoms in total. The normalized spacial score (nSPS) is 15.5. The van der Waals surface area contributed by atoms with E-state index in [9.17, 15) is 0 Å². The van der Waals surface area contributed by atoms with Crippen LogP contribution < -0.4 is 0 Å². The largest absolute Gasteiger partial charge is 0.357 e. The van der Waals surface area contributed by atoms with E-state index in [2.05, 4.69) is 17.6 Å². The summed E-state index contributed by atoms with van der Waals surface area (Å²) in [5.74, 6) is 0. The molecule has 0 N–H and O–H groups in total. The first kappa shape index (κ1) is 8.08. The van der Waals surface area contributed by atoms with Crippen LogP contribution in [0, 0.1) is 0 Å². The molecular formula is C9H13NO. The van der Waals surface area contributed by atoms with Gasteiger partial charge >= 0.3 is 0 Å². The summed E-state index contributed by atoms with van der Waals surface area (Å²) in [5, 5.41) is 0. The van der Waals surface area contributed by atoms with Crippen molar-refractivity contribution in [3.8, 4) is 0 Å². The van der Waals surface area contributed by atoms with Crippen LogP contribution in [0.5, 0.6) is 0 Å². The van der Waals surface area contributed by atoms with Gasteiger partial charge in [-0.05, 0) is 6.08 Å². The molecule has 1 heterocycles. The van der Waals surface area contributed by atoms with E-state index < -0.39 is 0 Å². The van der Waals surface area contributed by atoms with Crippen molar-refractivity contribution in [2.45, 2.75) is 0 Å². The van der Waals surface area contributed by atoms with Gasteiger partial charge < -0.3 is 9.64 Å². The Hall–Kier alpha value is -1.02. The molecule has 0 aromatic heterocycles. The lowest BCUT2D eigenvalue weighted by Crippen LogP contribution is -2.22. The maximum Gasteiger partial charge on any atom is 0.119 e. The lowest BCUT2D eigenvalue weighted by molar-refractivity contribution is 0.0780. The van der Waals surface area contributed by atoms with E-state index >= 15 is 0 Å². The second kappa shape index (κ2) is 4.74. The summed E-state index contributed by atoms with van der Waals surface area (Å²) in [5.41, 5.74) is 0. The van der Waals surface area contributed by atoms with E-state index in [0.717, 1.165) is 6.54 Å². The highest BCUT2D eigenvalue weighted by molar-refractivity contribution is 5.07. The first-order valence-electron chi connectivity index (χ1n) is 3.69. The van der Waals surface area contributed by atoms with Crippen LogP contribution in [0.25, 0.3) is 0 Å². The molecule has 1 aliphatic heterocycles. The average molecular weight is 151 g/mol. The number of rotatable bonds is 4. The zero-order valence-electron chi connectivity index (χ0n) is 6.57. The minimum absolute atomic E-state index is 0.619. The molecule has 0 atom stereocenters. The molecule has 0 bridgehead atoms. The lowest BCUT2D eigenvalue weighted by atomic mass is 10.4. The van der Waals surface area contributed by atoms with Gasteiger partial charge in [0.25, 0.3) is 0 Å². The Balaban J connectivity index is 2.12. The molecule has 1 aliphatic rings. The molecule has 0 aromatic rings. The van der Waals surface area contributed by atoms with E-state index in [-0.39, 0.29) is 0 Å². The molecule has 0 unspecified atom stereocenters. The van der Waals surface area contributed by atoms with Crippen LogP contribution in [0.3, 0.4) is 0 Å². The fraction of sp³-hybridized carbons (Fsp3) is 0.333.